The normalized spacial score (nSPS) is 18.1. The Kier molecular flexibility index (Phi) is 4.50. The minimum Gasteiger partial charge on any atom is -0.473 e. The minimum absolute atomic E-state index is 0.0205. The van der Waals surface area contributed by atoms with Crippen LogP contribution in [-0.4, -0.2) is 53.6 Å². The first-order valence-electron chi connectivity index (χ1n) is 7.16. The van der Waals surface area contributed by atoms with E-state index < -0.39 is 0 Å². The third-order valence-corrected chi connectivity index (χ3v) is 3.42. The highest BCUT2D eigenvalue weighted by Crippen LogP contribution is 2.33. The van der Waals surface area contributed by atoms with Crippen molar-refractivity contribution < 1.29 is 9.53 Å². The zero-order valence-electron chi connectivity index (χ0n) is 13.0. The van der Waals surface area contributed by atoms with E-state index in [-0.39, 0.29) is 18.1 Å². The summed E-state index contributed by atoms with van der Waals surface area (Å²) in [7, 11) is 3.52. The van der Waals surface area contributed by atoms with Gasteiger partial charge in [0, 0.05) is 20.6 Å². The smallest absolute Gasteiger partial charge is 0.244 e. The van der Waals surface area contributed by atoms with Crippen LogP contribution >= 0.6 is 0 Å². The summed E-state index contributed by atoms with van der Waals surface area (Å²) in [4.78, 5) is 24.2. The molecule has 0 radical (unpaired) electrons. The van der Waals surface area contributed by atoms with Gasteiger partial charge in [0.15, 0.2) is 5.82 Å². The molecule has 1 aromatic rings. The number of nitrogens with zero attached hydrogens (tertiary/aromatic N) is 4. The maximum absolute atomic E-state index is 12.3. The lowest BCUT2D eigenvalue weighted by Gasteiger charge is -2.28. The van der Waals surface area contributed by atoms with Gasteiger partial charge in [0.1, 0.15) is 18.1 Å². The highest BCUT2D eigenvalue weighted by atomic mass is 16.5. The number of rotatable bonds is 4. The maximum atomic E-state index is 12.3. The van der Waals surface area contributed by atoms with Crippen LogP contribution in [0, 0.1) is 0 Å². The van der Waals surface area contributed by atoms with Crippen LogP contribution in [0.2, 0.25) is 0 Å². The third-order valence-electron chi connectivity index (χ3n) is 3.42. The predicted octanol–water partition coefficient (Wildman–Crippen LogP) is 0.903. The summed E-state index contributed by atoms with van der Waals surface area (Å²) in [6.07, 6.45) is 3.15. The van der Waals surface area contributed by atoms with Crippen LogP contribution in [0.25, 0.3) is 0 Å². The lowest BCUT2D eigenvalue weighted by molar-refractivity contribution is -0.129. The summed E-state index contributed by atoms with van der Waals surface area (Å²) in [5.74, 6) is 1.02. The number of aromatic nitrogens is 2. The number of amides is 1. The van der Waals surface area contributed by atoms with Crippen molar-refractivity contribution in [3.05, 3.63) is 6.33 Å². The van der Waals surface area contributed by atoms with Gasteiger partial charge in [-0.3, -0.25) is 4.79 Å². The van der Waals surface area contributed by atoms with Gasteiger partial charge in [-0.05, 0) is 26.7 Å². The van der Waals surface area contributed by atoms with Gasteiger partial charge in [0.05, 0.1) is 6.10 Å². The Bertz CT molecular complexity index is 518. The molecule has 1 atom stereocenters. The lowest BCUT2D eigenvalue weighted by atomic mass is 10.2. The van der Waals surface area contributed by atoms with E-state index in [2.05, 4.69) is 9.97 Å². The summed E-state index contributed by atoms with van der Waals surface area (Å²) < 4.78 is 5.59. The molecule has 0 aromatic carbocycles. The van der Waals surface area contributed by atoms with Crippen molar-refractivity contribution in [3.63, 3.8) is 0 Å². The number of anilines is 2. The third kappa shape index (κ3) is 3.17. The van der Waals surface area contributed by atoms with E-state index in [1.54, 1.807) is 19.0 Å². The van der Waals surface area contributed by atoms with Gasteiger partial charge in [-0.1, -0.05) is 0 Å². The van der Waals surface area contributed by atoms with Crippen LogP contribution in [0.1, 0.15) is 26.7 Å². The molecule has 2 heterocycles. The molecule has 0 saturated carbocycles. The summed E-state index contributed by atoms with van der Waals surface area (Å²) in [5, 5.41) is 0. The highest BCUT2D eigenvalue weighted by molar-refractivity contribution is 5.86. The summed E-state index contributed by atoms with van der Waals surface area (Å²) in [5.41, 5.74) is 6.53. The molecule has 2 N–H and O–H groups in total. The molecule has 1 aliphatic rings. The van der Waals surface area contributed by atoms with Crippen molar-refractivity contribution in [2.24, 2.45) is 0 Å². The van der Waals surface area contributed by atoms with Crippen molar-refractivity contribution in [2.75, 3.05) is 31.3 Å². The molecular formula is C14H23N5O2. The molecule has 1 saturated heterocycles. The highest BCUT2D eigenvalue weighted by Gasteiger charge is 2.34. The van der Waals surface area contributed by atoms with Crippen molar-refractivity contribution >= 4 is 17.4 Å². The van der Waals surface area contributed by atoms with E-state index in [9.17, 15) is 4.79 Å². The Balaban J connectivity index is 2.30. The topological polar surface area (TPSA) is 84.6 Å². The number of hydrogen-bond acceptors (Lipinski definition) is 6. The number of hydrogen-bond donors (Lipinski definition) is 1. The van der Waals surface area contributed by atoms with Crippen LogP contribution < -0.4 is 15.4 Å². The van der Waals surface area contributed by atoms with E-state index in [1.807, 2.05) is 18.7 Å². The zero-order valence-corrected chi connectivity index (χ0v) is 13.0. The molecule has 1 aromatic heterocycles. The fourth-order valence-electron chi connectivity index (χ4n) is 2.49. The molecule has 0 bridgehead atoms. The van der Waals surface area contributed by atoms with Crippen LogP contribution in [0.3, 0.4) is 0 Å². The van der Waals surface area contributed by atoms with Gasteiger partial charge in [-0.2, -0.15) is 4.98 Å². The Morgan fingerprint density at radius 3 is 2.81 bits per heavy atom. The molecule has 0 aliphatic carbocycles. The minimum atomic E-state index is -0.218. The lowest BCUT2D eigenvalue weighted by Crippen LogP contribution is -2.43. The van der Waals surface area contributed by atoms with Crippen molar-refractivity contribution in [1.82, 2.24) is 14.9 Å². The molecule has 0 spiro atoms. The Hall–Kier alpha value is -2.05. The SMILES string of the molecule is CC(C)Oc1ncnc(N2CCCC2C(=O)N(C)C)c1N. The van der Waals surface area contributed by atoms with Crippen molar-refractivity contribution in [1.29, 1.82) is 0 Å². The first-order chi connectivity index (χ1) is 9.91. The van der Waals surface area contributed by atoms with Crippen LogP contribution in [0.15, 0.2) is 6.33 Å². The molecule has 116 valence electrons. The van der Waals surface area contributed by atoms with Crippen molar-refractivity contribution in [2.45, 2.75) is 38.8 Å². The number of ether oxygens (including phenoxy) is 1. The van der Waals surface area contributed by atoms with E-state index in [0.29, 0.717) is 17.4 Å². The molecule has 1 aliphatic heterocycles. The predicted molar refractivity (Wildman–Crippen MR) is 81.3 cm³/mol. The zero-order chi connectivity index (χ0) is 15.6. The van der Waals surface area contributed by atoms with E-state index in [1.165, 1.54) is 6.33 Å². The molecule has 7 heteroatoms. The van der Waals surface area contributed by atoms with Gasteiger partial charge in [-0.15, -0.1) is 0 Å². The average Bonchev–Trinajstić information content (AvgIpc) is 2.88. The number of carbonyl (C=O) groups is 1. The van der Waals surface area contributed by atoms with E-state index in [4.69, 9.17) is 10.5 Å². The molecular weight excluding hydrogens is 270 g/mol. The average molecular weight is 293 g/mol. The Labute approximate surface area is 125 Å². The Morgan fingerprint density at radius 2 is 2.19 bits per heavy atom. The molecule has 1 fully saturated rings. The van der Waals surface area contributed by atoms with E-state index in [0.717, 1.165) is 19.4 Å². The van der Waals surface area contributed by atoms with Gasteiger partial charge in [0.2, 0.25) is 11.8 Å². The summed E-state index contributed by atoms with van der Waals surface area (Å²) >= 11 is 0. The second-order valence-electron chi connectivity index (χ2n) is 5.67. The molecule has 21 heavy (non-hydrogen) atoms. The first kappa shape index (κ1) is 15.3. The maximum Gasteiger partial charge on any atom is 0.244 e. The van der Waals surface area contributed by atoms with Crippen molar-refractivity contribution in [3.8, 4) is 5.88 Å². The summed E-state index contributed by atoms with van der Waals surface area (Å²) in [6.45, 7) is 4.58. The van der Waals surface area contributed by atoms with Gasteiger partial charge in [0.25, 0.3) is 0 Å². The second kappa shape index (κ2) is 6.15. The molecule has 1 amide bonds. The molecule has 1 unspecified atom stereocenters. The second-order valence-corrected chi connectivity index (χ2v) is 5.67. The quantitative estimate of drug-likeness (QED) is 0.888. The fraction of sp³-hybridized carbons (Fsp3) is 0.643. The van der Waals surface area contributed by atoms with Crippen LogP contribution in [0.4, 0.5) is 11.5 Å². The Morgan fingerprint density at radius 1 is 1.48 bits per heavy atom. The largest absolute Gasteiger partial charge is 0.473 e. The first-order valence-corrected chi connectivity index (χ1v) is 7.16. The number of nitrogens with two attached hydrogens (primary N) is 1. The van der Waals surface area contributed by atoms with Crippen LogP contribution in [0.5, 0.6) is 5.88 Å². The summed E-state index contributed by atoms with van der Waals surface area (Å²) in [6, 6.07) is -0.218. The van der Waals surface area contributed by atoms with E-state index >= 15 is 0 Å². The fourth-order valence-corrected chi connectivity index (χ4v) is 2.49. The van der Waals surface area contributed by atoms with Gasteiger partial charge < -0.3 is 20.3 Å². The standard InChI is InChI=1S/C14H23N5O2/c1-9(2)21-13-11(15)12(16-8-17-13)19-7-5-6-10(19)14(20)18(3)4/h8-10H,5-7,15H2,1-4H3. The monoisotopic (exact) mass is 293 g/mol. The molecule has 7 nitrogen and oxygen atoms in total. The van der Waals surface area contributed by atoms with Crippen LogP contribution in [-0.2, 0) is 4.79 Å². The number of nitrogen functional groups attached to an aromatic ring is 1. The number of likely N-dealkylation sites (N-methyl/N-ethyl adjacent to an activating group) is 1. The van der Waals surface area contributed by atoms with Gasteiger partial charge in [-0.25, -0.2) is 4.98 Å². The number of carbonyl (C=O) groups excluding carboxylic acids is 1. The molecule has 2 rings (SSSR count). The van der Waals surface area contributed by atoms with Gasteiger partial charge >= 0.3 is 0 Å².